The predicted octanol–water partition coefficient (Wildman–Crippen LogP) is 3.60. The van der Waals surface area contributed by atoms with Gasteiger partial charge in [0, 0.05) is 10.9 Å². The largest absolute Gasteiger partial charge is 0.478 e. The molecule has 3 heteroatoms. The van der Waals surface area contributed by atoms with Crippen LogP contribution in [-0.4, -0.2) is 16.1 Å². The second kappa shape index (κ2) is 4.53. The van der Waals surface area contributed by atoms with Gasteiger partial charge in [-0.05, 0) is 24.3 Å². The molecule has 0 aliphatic heterocycles. The molecular formula is C16H11NO2. The quantitative estimate of drug-likeness (QED) is 0.754. The summed E-state index contributed by atoms with van der Waals surface area (Å²) in [5.74, 6) is -0.931. The van der Waals surface area contributed by atoms with E-state index in [-0.39, 0.29) is 5.56 Å². The fraction of sp³-hybridized carbons (Fsp3) is 0. The standard InChI is InChI=1S/C16H11NO2/c18-16(19)13-7-4-8-15-12(13)9-10-14(17-15)11-5-2-1-3-6-11/h1-10H,(H,18,19). The van der Waals surface area contributed by atoms with Crippen LogP contribution in [0.1, 0.15) is 10.4 Å². The van der Waals surface area contributed by atoms with Gasteiger partial charge >= 0.3 is 5.97 Å². The third kappa shape index (κ3) is 2.06. The molecule has 3 aromatic rings. The average molecular weight is 249 g/mol. The van der Waals surface area contributed by atoms with E-state index in [1.165, 1.54) is 0 Å². The van der Waals surface area contributed by atoms with Crippen molar-refractivity contribution in [2.75, 3.05) is 0 Å². The number of pyridine rings is 1. The molecule has 1 N–H and O–H groups in total. The van der Waals surface area contributed by atoms with Crippen LogP contribution >= 0.6 is 0 Å². The molecule has 1 heterocycles. The number of rotatable bonds is 2. The molecule has 0 amide bonds. The Hall–Kier alpha value is -2.68. The maximum absolute atomic E-state index is 11.1. The maximum Gasteiger partial charge on any atom is 0.336 e. The van der Waals surface area contributed by atoms with Gasteiger partial charge in [0.05, 0.1) is 16.8 Å². The number of benzene rings is 2. The first-order valence-electron chi connectivity index (χ1n) is 5.94. The minimum Gasteiger partial charge on any atom is -0.478 e. The lowest BCUT2D eigenvalue weighted by atomic mass is 10.1. The predicted molar refractivity (Wildman–Crippen MR) is 74.1 cm³/mol. The summed E-state index contributed by atoms with van der Waals surface area (Å²) in [5, 5.41) is 9.80. The number of carboxylic acids is 1. The second-order valence-corrected chi connectivity index (χ2v) is 4.24. The Labute approximate surface area is 110 Å². The van der Waals surface area contributed by atoms with Crippen molar-refractivity contribution in [2.45, 2.75) is 0 Å². The Morgan fingerprint density at radius 3 is 2.42 bits per heavy atom. The minimum absolute atomic E-state index is 0.282. The van der Waals surface area contributed by atoms with Crippen LogP contribution in [0.5, 0.6) is 0 Å². The molecule has 0 spiro atoms. The molecule has 0 fully saturated rings. The number of hydrogen-bond donors (Lipinski definition) is 1. The Bertz CT molecular complexity index is 751. The normalized spacial score (nSPS) is 10.5. The van der Waals surface area contributed by atoms with Gasteiger partial charge in [0.1, 0.15) is 0 Å². The smallest absolute Gasteiger partial charge is 0.336 e. The van der Waals surface area contributed by atoms with Crippen LogP contribution in [0.2, 0.25) is 0 Å². The highest BCUT2D eigenvalue weighted by molar-refractivity contribution is 6.02. The van der Waals surface area contributed by atoms with Gasteiger partial charge in [-0.15, -0.1) is 0 Å². The third-order valence-electron chi connectivity index (χ3n) is 3.03. The lowest BCUT2D eigenvalue weighted by Crippen LogP contribution is -1.98. The third-order valence-corrected chi connectivity index (χ3v) is 3.03. The molecule has 1 aromatic heterocycles. The maximum atomic E-state index is 11.1. The van der Waals surface area contributed by atoms with Crippen molar-refractivity contribution < 1.29 is 9.90 Å². The van der Waals surface area contributed by atoms with Crippen LogP contribution < -0.4 is 0 Å². The van der Waals surface area contributed by atoms with Crippen LogP contribution in [0.15, 0.2) is 60.7 Å². The average Bonchev–Trinajstić information content (AvgIpc) is 2.47. The van der Waals surface area contributed by atoms with Crippen molar-refractivity contribution in [3.05, 3.63) is 66.2 Å². The van der Waals surface area contributed by atoms with Crippen LogP contribution in [-0.2, 0) is 0 Å². The van der Waals surface area contributed by atoms with Crippen molar-refractivity contribution in [1.82, 2.24) is 4.98 Å². The fourth-order valence-corrected chi connectivity index (χ4v) is 2.11. The van der Waals surface area contributed by atoms with Gasteiger partial charge in [0.15, 0.2) is 0 Å². The van der Waals surface area contributed by atoms with Gasteiger partial charge in [-0.2, -0.15) is 0 Å². The highest BCUT2D eigenvalue weighted by atomic mass is 16.4. The number of nitrogens with zero attached hydrogens (tertiary/aromatic N) is 1. The van der Waals surface area contributed by atoms with Crippen molar-refractivity contribution in [1.29, 1.82) is 0 Å². The molecule has 0 radical (unpaired) electrons. The molecule has 3 nitrogen and oxygen atoms in total. The number of hydrogen-bond acceptors (Lipinski definition) is 2. The molecule has 2 aromatic carbocycles. The number of fused-ring (bicyclic) bond motifs is 1. The monoisotopic (exact) mass is 249 g/mol. The van der Waals surface area contributed by atoms with Gasteiger partial charge in [-0.1, -0.05) is 36.4 Å². The molecule has 19 heavy (non-hydrogen) atoms. The summed E-state index contributed by atoms with van der Waals surface area (Å²) in [6.07, 6.45) is 0. The molecule has 0 unspecified atom stereocenters. The lowest BCUT2D eigenvalue weighted by molar-refractivity contribution is 0.0699. The van der Waals surface area contributed by atoms with Crippen LogP contribution in [0, 0.1) is 0 Å². The van der Waals surface area contributed by atoms with Crippen molar-refractivity contribution in [3.8, 4) is 11.3 Å². The van der Waals surface area contributed by atoms with Gasteiger partial charge in [-0.3, -0.25) is 0 Å². The summed E-state index contributed by atoms with van der Waals surface area (Å²) in [4.78, 5) is 15.7. The molecule has 0 saturated carbocycles. The Kier molecular flexibility index (Phi) is 2.72. The molecule has 92 valence electrons. The van der Waals surface area contributed by atoms with E-state index in [0.717, 1.165) is 11.3 Å². The Morgan fingerprint density at radius 2 is 1.68 bits per heavy atom. The summed E-state index contributed by atoms with van der Waals surface area (Å²) >= 11 is 0. The van der Waals surface area contributed by atoms with E-state index in [1.807, 2.05) is 48.5 Å². The zero-order chi connectivity index (χ0) is 13.2. The number of carboxylic acid groups (broad SMARTS) is 1. The van der Waals surface area contributed by atoms with Crippen LogP contribution in [0.25, 0.3) is 22.2 Å². The molecule has 0 saturated heterocycles. The summed E-state index contributed by atoms with van der Waals surface area (Å²) in [6.45, 7) is 0. The summed E-state index contributed by atoms with van der Waals surface area (Å²) in [6, 6.07) is 18.6. The Morgan fingerprint density at radius 1 is 0.895 bits per heavy atom. The van der Waals surface area contributed by atoms with E-state index in [9.17, 15) is 4.79 Å². The minimum atomic E-state index is -0.931. The number of aromatic nitrogens is 1. The van der Waals surface area contributed by atoms with E-state index in [1.54, 1.807) is 12.1 Å². The van der Waals surface area contributed by atoms with Gasteiger partial charge in [0.2, 0.25) is 0 Å². The topological polar surface area (TPSA) is 50.2 Å². The second-order valence-electron chi connectivity index (χ2n) is 4.24. The molecule has 0 aliphatic rings. The van der Waals surface area contributed by atoms with Gasteiger partial charge in [0.25, 0.3) is 0 Å². The van der Waals surface area contributed by atoms with E-state index in [0.29, 0.717) is 10.9 Å². The highest BCUT2D eigenvalue weighted by Gasteiger charge is 2.09. The molecule has 0 atom stereocenters. The first-order valence-corrected chi connectivity index (χ1v) is 5.94. The molecule has 0 bridgehead atoms. The van der Waals surface area contributed by atoms with Crippen LogP contribution in [0.3, 0.4) is 0 Å². The van der Waals surface area contributed by atoms with E-state index >= 15 is 0 Å². The van der Waals surface area contributed by atoms with Crippen LogP contribution in [0.4, 0.5) is 0 Å². The summed E-state index contributed by atoms with van der Waals surface area (Å²) < 4.78 is 0. The number of carbonyl (C=O) groups is 1. The zero-order valence-electron chi connectivity index (χ0n) is 10.1. The molecule has 0 aliphatic carbocycles. The van der Waals surface area contributed by atoms with Crippen molar-refractivity contribution in [3.63, 3.8) is 0 Å². The zero-order valence-corrected chi connectivity index (χ0v) is 10.1. The highest BCUT2D eigenvalue weighted by Crippen LogP contribution is 2.23. The van der Waals surface area contributed by atoms with Crippen molar-refractivity contribution in [2.24, 2.45) is 0 Å². The summed E-state index contributed by atoms with van der Waals surface area (Å²) in [5.41, 5.74) is 2.84. The van der Waals surface area contributed by atoms with E-state index < -0.39 is 5.97 Å². The first-order chi connectivity index (χ1) is 9.25. The van der Waals surface area contributed by atoms with Crippen molar-refractivity contribution >= 4 is 16.9 Å². The lowest BCUT2D eigenvalue weighted by Gasteiger charge is -2.05. The van der Waals surface area contributed by atoms with Gasteiger partial charge < -0.3 is 5.11 Å². The first kappa shape index (κ1) is 11.4. The molecule has 3 rings (SSSR count). The fourth-order valence-electron chi connectivity index (χ4n) is 2.11. The van der Waals surface area contributed by atoms with E-state index in [2.05, 4.69) is 4.98 Å². The SMILES string of the molecule is O=C(O)c1cccc2nc(-c3ccccc3)ccc12. The Balaban J connectivity index is 2.20. The number of aromatic carboxylic acids is 1. The van der Waals surface area contributed by atoms with E-state index in [4.69, 9.17) is 5.11 Å². The van der Waals surface area contributed by atoms with Gasteiger partial charge in [-0.25, -0.2) is 9.78 Å². The molecular weight excluding hydrogens is 238 g/mol. The summed E-state index contributed by atoms with van der Waals surface area (Å²) in [7, 11) is 0.